The first-order valence-electron chi connectivity index (χ1n) is 13.7. The summed E-state index contributed by atoms with van der Waals surface area (Å²) < 4.78 is 36.2. The van der Waals surface area contributed by atoms with Crippen LogP contribution in [0.15, 0.2) is 36.4 Å². The SMILES string of the molecule is CC(C)(C)CC1NC(C(=O)NCCC2CCOCC2)C(c2cccc(Cl)c2F)C12C(=O)Nc1c(F)cccc12. The van der Waals surface area contributed by atoms with Gasteiger partial charge in [0, 0.05) is 31.7 Å². The van der Waals surface area contributed by atoms with Gasteiger partial charge in [0.05, 0.1) is 16.8 Å². The molecule has 210 valence electrons. The molecule has 2 fully saturated rings. The van der Waals surface area contributed by atoms with Gasteiger partial charge in [-0.05, 0) is 60.3 Å². The van der Waals surface area contributed by atoms with Crippen LogP contribution in [0.5, 0.6) is 0 Å². The molecule has 9 heteroatoms. The fraction of sp³-hybridized carbons (Fsp3) is 0.533. The van der Waals surface area contributed by atoms with Crippen molar-refractivity contribution in [2.75, 3.05) is 25.1 Å². The van der Waals surface area contributed by atoms with Gasteiger partial charge in [-0.3, -0.25) is 9.59 Å². The zero-order chi connectivity index (χ0) is 27.9. The van der Waals surface area contributed by atoms with E-state index in [1.165, 1.54) is 12.1 Å². The third-order valence-electron chi connectivity index (χ3n) is 8.44. The van der Waals surface area contributed by atoms with Gasteiger partial charge in [-0.15, -0.1) is 0 Å². The molecule has 2 aromatic carbocycles. The maximum atomic E-state index is 15.8. The van der Waals surface area contributed by atoms with Crippen molar-refractivity contribution in [1.29, 1.82) is 0 Å². The van der Waals surface area contributed by atoms with Gasteiger partial charge in [0.25, 0.3) is 0 Å². The first-order valence-corrected chi connectivity index (χ1v) is 14.1. The van der Waals surface area contributed by atoms with E-state index in [1.807, 2.05) is 20.8 Å². The lowest BCUT2D eigenvalue weighted by molar-refractivity contribution is -0.124. The summed E-state index contributed by atoms with van der Waals surface area (Å²) in [7, 11) is 0. The Kier molecular flexibility index (Phi) is 7.74. The van der Waals surface area contributed by atoms with Crippen molar-refractivity contribution in [1.82, 2.24) is 10.6 Å². The predicted molar refractivity (Wildman–Crippen MR) is 147 cm³/mol. The maximum Gasteiger partial charge on any atom is 0.237 e. The molecule has 6 nitrogen and oxygen atoms in total. The van der Waals surface area contributed by atoms with Gasteiger partial charge in [-0.25, -0.2) is 8.78 Å². The molecule has 3 aliphatic heterocycles. The van der Waals surface area contributed by atoms with Gasteiger partial charge in [-0.2, -0.15) is 0 Å². The van der Waals surface area contributed by atoms with E-state index in [-0.39, 0.29) is 27.6 Å². The lowest BCUT2D eigenvalue weighted by Crippen LogP contribution is -2.49. The van der Waals surface area contributed by atoms with E-state index in [4.69, 9.17) is 16.3 Å². The number of benzene rings is 2. The molecular weight excluding hydrogens is 524 g/mol. The molecule has 3 heterocycles. The smallest absolute Gasteiger partial charge is 0.237 e. The molecule has 0 bridgehead atoms. The standard InChI is InChI=1S/C30H36ClF2N3O3/c1-29(2,3)16-22-30(19-7-5-9-21(32)25(19)36-28(30)38)23(18-6-4-8-20(31)24(18)33)26(35-22)27(37)34-13-10-17-11-14-39-15-12-17/h4-9,17,22-23,26,35H,10-16H2,1-3H3,(H,34,37)(H,36,38). The molecule has 39 heavy (non-hydrogen) atoms. The summed E-state index contributed by atoms with van der Waals surface area (Å²) in [5.41, 5.74) is -1.03. The molecule has 4 atom stereocenters. The van der Waals surface area contributed by atoms with Gasteiger partial charge >= 0.3 is 0 Å². The Labute approximate surface area is 233 Å². The number of halogens is 3. The highest BCUT2D eigenvalue weighted by Gasteiger charge is 2.66. The molecule has 0 aromatic heterocycles. The van der Waals surface area contributed by atoms with Crippen molar-refractivity contribution in [2.24, 2.45) is 11.3 Å². The summed E-state index contributed by atoms with van der Waals surface area (Å²) >= 11 is 6.22. The van der Waals surface area contributed by atoms with Crippen LogP contribution in [0.3, 0.4) is 0 Å². The highest BCUT2D eigenvalue weighted by atomic mass is 35.5. The van der Waals surface area contributed by atoms with E-state index in [2.05, 4.69) is 16.0 Å². The lowest BCUT2D eigenvalue weighted by Gasteiger charge is -2.37. The van der Waals surface area contributed by atoms with Crippen LogP contribution in [-0.4, -0.2) is 43.7 Å². The number of rotatable bonds is 6. The maximum absolute atomic E-state index is 15.8. The molecule has 2 saturated heterocycles. The average Bonchev–Trinajstić information content (AvgIpc) is 3.37. The van der Waals surface area contributed by atoms with Crippen molar-refractivity contribution in [3.8, 4) is 0 Å². The second-order valence-electron chi connectivity index (χ2n) is 12.2. The topological polar surface area (TPSA) is 79.5 Å². The van der Waals surface area contributed by atoms with Crippen molar-refractivity contribution < 1.29 is 23.1 Å². The van der Waals surface area contributed by atoms with Crippen LogP contribution in [-0.2, 0) is 19.7 Å². The first-order chi connectivity index (χ1) is 18.5. The van der Waals surface area contributed by atoms with Gasteiger partial charge in [0.1, 0.15) is 17.0 Å². The summed E-state index contributed by atoms with van der Waals surface area (Å²) in [4.78, 5) is 27.9. The normalized spacial score (nSPS) is 27.0. The fourth-order valence-corrected chi connectivity index (χ4v) is 6.89. The fourth-order valence-electron chi connectivity index (χ4n) is 6.70. The number of carbonyl (C=O) groups excluding carboxylic acids is 2. The summed E-state index contributed by atoms with van der Waals surface area (Å²) in [6.45, 7) is 8.02. The van der Waals surface area contributed by atoms with E-state index in [0.717, 1.165) is 32.5 Å². The number of fused-ring (bicyclic) bond motifs is 2. The summed E-state index contributed by atoms with van der Waals surface area (Å²) in [6.07, 6.45) is 3.20. The van der Waals surface area contributed by atoms with E-state index >= 15 is 8.78 Å². The number of carbonyl (C=O) groups is 2. The minimum Gasteiger partial charge on any atom is -0.381 e. The Morgan fingerprint density at radius 3 is 2.59 bits per heavy atom. The van der Waals surface area contributed by atoms with Crippen LogP contribution in [0, 0.1) is 23.0 Å². The molecule has 1 spiro atoms. The average molecular weight is 560 g/mol. The quantitative estimate of drug-likeness (QED) is 0.449. The van der Waals surface area contributed by atoms with Gasteiger partial charge in [0.15, 0.2) is 0 Å². The third kappa shape index (κ3) is 5.07. The van der Waals surface area contributed by atoms with Crippen molar-refractivity contribution in [3.63, 3.8) is 0 Å². The Balaban J connectivity index is 1.60. The van der Waals surface area contributed by atoms with Gasteiger partial charge in [-0.1, -0.05) is 56.6 Å². The van der Waals surface area contributed by atoms with E-state index in [0.29, 0.717) is 24.4 Å². The Morgan fingerprint density at radius 1 is 1.15 bits per heavy atom. The number of ether oxygens (including phenoxy) is 1. The second kappa shape index (κ2) is 10.8. The number of anilines is 1. The minimum absolute atomic E-state index is 0.0798. The van der Waals surface area contributed by atoms with Crippen LogP contribution in [0.1, 0.15) is 63.5 Å². The van der Waals surface area contributed by atoms with Crippen LogP contribution < -0.4 is 16.0 Å². The summed E-state index contributed by atoms with van der Waals surface area (Å²) in [6, 6.07) is 7.65. The number of hydrogen-bond acceptors (Lipinski definition) is 4. The van der Waals surface area contributed by atoms with E-state index < -0.39 is 41.0 Å². The molecule has 3 aliphatic rings. The summed E-state index contributed by atoms with van der Waals surface area (Å²) in [5.74, 6) is -2.52. The highest BCUT2D eigenvalue weighted by molar-refractivity contribution is 6.30. The summed E-state index contributed by atoms with van der Waals surface area (Å²) in [5, 5.41) is 9.11. The molecule has 0 aliphatic carbocycles. The molecule has 0 saturated carbocycles. The van der Waals surface area contributed by atoms with Crippen LogP contribution in [0.25, 0.3) is 0 Å². The van der Waals surface area contributed by atoms with Gasteiger partial charge < -0.3 is 20.7 Å². The zero-order valence-corrected chi connectivity index (χ0v) is 23.3. The minimum atomic E-state index is -1.43. The zero-order valence-electron chi connectivity index (χ0n) is 22.6. The second-order valence-corrected chi connectivity index (χ2v) is 12.6. The van der Waals surface area contributed by atoms with Crippen molar-refractivity contribution in [2.45, 2.75) is 69.9 Å². The molecule has 2 aromatic rings. The number of para-hydroxylation sites is 1. The molecule has 3 N–H and O–H groups in total. The Bertz CT molecular complexity index is 1260. The molecule has 5 rings (SSSR count). The van der Waals surface area contributed by atoms with E-state index in [1.54, 1.807) is 24.3 Å². The largest absolute Gasteiger partial charge is 0.381 e. The first kappa shape index (κ1) is 28.0. The molecular formula is C30H36ClF2N3O3. The van der Waals surface area contributed by atoms with Crippen LogP contribution >= 0.6 is 11.6 Å². The van der Waals surface area contributed by atoms with Crippen LogP contribution in [0.4, 0.5) is 14.5 Å². The third-order valence-corrected chi connectivity index (χ3v) is 8.73. The van der Waals surface area contributed by atoms with E-state index in [9.17, 15) is 9.59 Å². The number of hydrogen-bond donors (Lipinski definition) is 3. The predicted octanol–water partition coefficient (Wildman–Crippen LogP) is 5.30. The number of nitrogens with one attached hydrogen (secondary N) is 3. The lowest BCUT2D eigenvalue weighted by atomic mass is 9.62. The Morgan fingerprint density at radius 2 is 1.87 bits per heavy atom. The molecule has 4 unspecified atom stereocenters. The molecule has 2 amide bonds. The number of amides is 2. The van der Waals surface area contributed by atoms with Crippen molar-refractivity contribution >= 4 is 29.1 Å². The highest BCUT2D eigenvalue weighted by Crippen LogP contribution is 2.57. The molecule has 0 radical (unpaired) electrons. The van der Waals surface area contributed by atoms with Gasteiger partial charge in [0.2, 0.25) is 11.8 Å². The monoisotopic (exact) mass is 559 g/mol. The van der Waals surface area contributed by atoms with Crippen LogP contribution in [0.2, 0.25) is 5.02 Å². The Hall–Kier alpha value is -2.55. The van der Waals surface area contributed by atoms with Crippen molar-refractivity contribution in [3.05, 3.63) is 64.2 Å².